The van der Waals surface area contributed by atoms with Crippen molar-refractivity contribution in [3.63, 3.8) is 0 Å². The number of carbonyl (C=O) groups excluding carboxylic acids is 3. The second-order valence-corrected chi connectivity index (χ2v) is 7.22. The molecule has 2 amide bonds. The van der Waals surface area contributed by atoms with Crippen molar-refractivity contribution in [2.75, 3.05) is 18.9 Å². The zero-order valence-electron chi connectivity index (χ0n) is 15.8. The summed E-state index contributed by atoms with van der Waals surface area (Å²) in [5.41, 5.74) is 1.23. The number of nitrogens with one attached hydrogen (secondary N) is 2. The molecule has 0 aliphatic carbocycles. The number of hydrogen-bond acceptors (Lipinski definition) is 5. The van der Waals surface area contributed by atoms with Crippen LogP contribution in [0.2, 0.25) is 0 Å². The number of hydrogen-bond donors (Lipinski definition) is 2. The topological polar surface area (TPSA) is 84.5 Å². The molecular weight excluding hydrogens is 376 g/mol. The SMILES string of the molecule is CC(=O)NCc1ccc(C(=O)OCC(=O)NCCCSc2ccccc2)cc1. The fourth-order valence-corrected chi connectivity index (χ4v) is 3.13. The molecule has 0 saturated carbocycles. The average molecular weight is 401 g/mol. The minimum absolute atomic E-state index is 0.117. The van der Waals surface area contributed by atoms with Gasteiger partial charge in [0, 0.05) is 24.9 Å². The molecule has 0 radical (unpaired) electrons. The predicted octanol–water partition coefficient (Wildman–Crippen LogP) is 2.78. The van der Waals surface area contributed by atoms with E-state index in [4.69, 9.17) is 4.74 Å². The maximum absolute atomic E-state index is 12.0. The summed E-state index contributed by atoms with van der Waals surface area (Å²) in [5, 5.41) is 5.42. The Hall–Kier alpha value is -2.80. The molecule has 0 atom stereocenters. The van der Waals surface area contributed by atoms with Crippen molar-refractivity contribution in [1.82, 2.24) is 10.6 Å². The standard InChI is InChI=1S/C21H24N2O4S/c1-16(24)23-14-17-8-10-18(11-9-17)21(26)27-15-20(25)22-12-5-13-28-19-6-3-2-4-7-19/h2-4,6-11H,5,12-15H2,1H3,(H,22,25)(H,23,24). The Morgan fingerprint density at radius 1 is 0.964 bits per heavy atom. The highest BCUT2D eigenvalue weighted by molar-refractivity contribution is 7.99. The monoisotopic (exact) mass is 400 g/mol. The number of esters is 1. The molecule has 0 bridgehead atoms. The van der Waals surface area contributed by atoms with Crippen molar-refractivity contribution >= 4 is 29.5 Å². The van der Waals surface area contributed by atoms with E-state index >= 15 is 0 Å². The first-order chi connectivity index (χ1) is 13.5. The first-order valence-corrected chi connectivity index (χ1v) is 9.98. The molecule has 2 N–H and O–H groups in total. The summed E-state index contributed by atoms with van der Waals surface area (Å²) in [6.45, 7) is 2.07. The van der Waals surface area contributed by atoms with Gasteiger partial charge in [-0.2, -0.15) is 0 Å². The maximum Gasteiger partial charge on any atom is 0.338 e. The van der Waals surface area contributed by atoms with Crippen molar-refractivity contribution in [3.8, 4) is 0 Å². The minimum atomic E-state index is -0.555. The van der Waals surface area contributed by atoms with Crippen molar-refractivity contribution in [2.24, 2.45) is 0 Å². The van der Waals surface area contributed by atoms with Gasteiger partial charge < -0.3 is 15.4 Å². The average Bonchev–Trinajstić information content (AvgIpc) is 2.71. The molecule has 0 unspecified atom stereocenters. The van der Waals surface area contributed by atoms with E-state index in [0.717, 1.165) is 17.7 Å². The minimum Gasteiger partial charge on any atom is -0.452 e. The summed E-state index contributed by atoms with van der Waals surface area (Å²) in [5.74, 6) is -0.0936. The van der Waals surface area contributed by atoms with Crippen LogP contribution in [-0.4, -0.2) is 36.7 Å². The Labute approximate surface area is 169 Å². The number of thioether (sulfide) groups is 1. The van der Waals surface area contributed by atoms with Crippen LogP contribution in [0.15, 0.2) is 59.5 Å². The lowest BCUT2D eigenvalue weighted by Gasteiger charge is -2.07. The van der Waals surface area contributed by atoms with E-state index in [1.807, 2.05) is 18.2 Å². The highest BCUT2D eigenvalue weighted by Gasteiger charge is 2.10. The van der Waals surface area contributed by atoms with Gasteiger partial charge >= 0.3 is 5.97 Å². The number of amides is 2. The lowest BCUT2D eigenvalue weighted by atomic mass is 10.1. The van der Waals surface area contributed by atoms with E-state index < -0.39 is 5.97 Å². The first kappa shape index (κ1) is 21.5. The van der Waals surface area contributed by atoms with Crippen LogP contribution >= 0.6 is 11.8 Å². The molecule has 0 aliphatic rings. The zero-order chi connectivity index (χ0) is 20.2. The van der Waals surface area contributed by atoms with E-state index in [-0.39, 0.29) is 18.4 Å². The van der Waals surface area contributed by atoms with Crippen molar-refractivity contribution < 1.29 is 19.1 Å². The smallest absolute Gasteiger partial charge is 0.338 e. The summed E-state index contributed by atoms with van der Waals surface area (Å²) >= 11 is 1.73. The van der Waals surface area contributed by atoms with E-state index in [9.17, 15) is 14.4 Å². The Kier molecular flexibility index (Phi) is 9.07. The van der Waals surface area contributed by atoms with Crippen LogP contribution < -0.4 is 10.6 Å². The molecule has 7 heteroatoms. The van der Waals surface area contributed by atoms with Gasteiger partial charge in [-0.1, -0.05) is 30.3 Å². The Bertz CT molecular complexity index is 779. The van der Waals surface area contributed by atoms with E-state index in [0.29, 0.717) is 18.7 Å². The summed E-state index contributed by atoms with van der Waals surface area (Å²) in [6.07, 6.45) is 0.828. The summed E-state index contributed by atoms with van der Waals surface area (Å²) in [7, 11) is 0. The maximum atomic E-state index is 12.0. The molecule has 148 valence electrons. The number of benzene rings is 2. The second kappa shape index (κ2) is 11.8. The third-order valence-corrected chi connectivity index (χ3v) is 4.82. The van der Waals surface area contributed by atoms with Gasteiger partial charge in [0.25, 0.3) is 5.91 Å². The molecule has 0 heterocycles. The zero-order valence-corrected chi connectivity index (χ0v) is 16.6. The van der Waals surface area contributed by atoms with Gasteiger partial charge in [0.2, 0.25) is 5.91 Å². The highest BCUT2D eigenvalue weighted by Crippen LogP contribution is 2.17. The summed E-state index contributed by atoms with van der Waals surface area (Å²) < 4.78 is 5.03. The van der Waals surface area contributed by atoms with Gasteiger partial charge in [0.1, 0.15) is 0 Å². The van der Waals surface area contributed by atoms with Crippen LogP contribution in [0.25, 0.3) is 0 Å². The number of carbonyl (C=O) groups is 3. The van der Waals surface area contributed by atoms with E-state index in [1.54, 1.807) is 36.0 Å². The fraction of sp³-hybridized carbons (Fsp3) is 0.286. The van der Waals surface area contributed by atoms with Crippen LogP contribution in [0.5, 0.6) is 0 Å². The van der Waals surface area contributed by atoms with Crippen LogP contribution in [0.4, 0.5) is 0 Å². The van der Waals surface area contributed by atoms with Crippen molar-refractivity contribution in [3.05, 3.63) is 65.7 Å². The third kappa shape index (κ3) is 8.26. The molecule has 2 aromatic carbocycles. The molecule has 0 spiro atoms. The molecule has 28 heavy (non-hydrogen) atoms. The molecule has 0 fully saturated rings. The Morgan fingerprint density at radius 2 is 1.68 bits per heavy atom. The van der Waals surface area contributed by atoms with Gasteiger partial charge in [-0.25, -0.2) is 4.79 Å². The molecule has 0 aromatic heterocycles. The number of ether oxygens (including phenoxy) is 1. The molecular formula is C21H24N2O4S. The van der Waals surface area contributed by atoms with E-state index in [2.05, 4.69) is 22.8 Å². The Balaban J connectivity index is 1.61. The molecule has 6 nitrogen and oxygen atoms in total. The normalized spacial score (nSPS) is 10.2. The quantitative estimate of drug-likeness (QED) is 0.364. The Morgan fingerprint density at radius 3 is 2.36 bits per heavy atom. The van der Waals surface area contributed by atoms with Crippen LogP contribution in [-0.2, 0) is 20.9 Å². The lowest BCUT2D eigenvalue weighted by Crippen LogP contribution is -2.29. The summed E-state index contributed by atoms with van der Waals surface area (Å²) in [6, 6.07) is 16.8. The number of rotatable bonds is 10. The van der Waals surface area contributed by atoms with Gasteiger partial charge in [-0.3, -0.25) is 9.59 Å². The molecule has 2 aromatic rings. The predicted molar refractivity (Wildman–Crippen MR) is 109 cm³/mol. The molecule has 0 saturated heterocycles. The van der Waals surface area contributed by atoms with Gasteiger partial charge in [0.15, 0.2) is 6.61 Å². The highest BCUT2D eigenvalue weighted by atomic mass is 32.2. The fourth-order valence-electron chi connectivity index (χ4n) is 2.26. The second-order valence-electron chi connectivity index (χ2n) is 6.05. The summed E-state index contributed by atoms with van der Waals surface area (Å²) in [4.78, 5) is 35.9. The van der Waals surface area contributed by atoms with Crippen LogP contribution in [0, 0.1) is 0 Å². The van der Waals surface area contributed by atoms with Gasteiger partial charge in [-0.05, 0) is 42.0 Å². The molecule has 2 rings (SSSR count). The van der Waals surface area contributed by atoms with Crippen molar-refractivity contribution in [2.45, 2.75) is 24.8 Å². The third-order valence-electron chi connectivity index (χ3n) is 3.72. The van der Waals surface area contributed by atoms with Crippen LogP contribution in [0.3, 0.4) is 0 Å². The van der Waals surface area contributed by atoms with Gasteiger partial charge in [-0.15, -0.1) is 11.8 Å². The van der Waals surface area contributed by atoms with Crippen LogP contribution in [0.1, 0.15) is 29.3 Å². The molecule has 0 aliphatic heterocycles. The van der Waals surface area contributed by atoms with Crippen molar-refractivity contribution in [1.29, 1.82) is 0 Å². The van der Waals surface area contributed by atoms with E-state index in [1.165, 1.54) is 11.8 Å². The first-order valence-electron chi connectivity index (χ1n) is 8.99. The lowest BCUT2D eigenvalue weighted by molar-refractivity contribution is -0.124. The van der Waals surface area contributed by atoms with Gasteiger partial charge in [0.05, 0.1) is 5.56 Å². The largest absolute Gasteiger partial charge is 0.452 e.